The highest BCUT2D eigenvalue weighted by molar-refractivity contribution is 8.00. The Kier molecular flexibility index (Phi) is 6.87. The van der Waals surface area contributed by atoms with Crippen LogP contribution in [0.3, 0.4) is 0 Å². The molecule has 138 valence electrons. The third-order valence-corrected chi connectivity index (χ3v) is 5.64. The highest BCUT2D eigenvalue weighted by atomic mass is 32.2. The van der Waals surface area contributed by atoms with Gasteiger partial charge < -0.3 is 10.2 Å². The van der Waals surface area contributed by atoms with Gasteiger partial charge in [0.1, 0.15) is 12.4 Å². The van der Waals surface area contributed by atoms with Crippen LogP contribution in [0.25, 0.3) is 0 Å². The molecule has 0 bridgehead atoms. The van der Waals surface area contributed by atoms with E-state index in [-0.39, 0.29) is 24.2 Å². The maximum atomic E-state index is 12.9. The molecule has 1 aliphatic rings. The minimum absolute atomic E-state index is 0.00899. The first-order chi connectivity index (χ1) is 11.8. The Bertz CT molecular complexity index is 592. The van der Waals surface area contributed by atoms with Crippen LogP contribution in [0.2, 0.25) is 0 Å². The van der Waals surface area contributed by atoms with Crippen molar-refractivity contribution < 1.29 is 14.0 Å². The van der Waals surface area contributed by atoms with Crippen LogP contribution in [-0.4, -0.2) is 39.8 Å². The predicted molar refractivity (Wildman–Crippen MR) is 101 cm³/mol. The molecule has 0 saturated heterocycles. The van der Waals surface area contributed by atoms with Crippen molar-refractivity contribution in [2.75, 3.05) is 17.6 Å². The number of anilines is 1. The lowest BCUT2D eigenvalue weighted by Gasteiger charge is -2.35. The third kappa shape index (κ3) is 6.34. The second-order valence-electron chi connectivity index (χ2n) is 7.42. The van der Waals surface area contributed by atoms with E-state index >= 15 is 0 Å². The van der Waals surface area contributed by atoms with E-state index in [0.717, 1.165) is 0 Å². The number of carbonyl (C=O) groups excluding carboxylic acids is 2. The predicted octanol–water partition coefficient (Wildman–Crippen LogP) is 4.07. The molecule has 1 saturated carbocycles. The van der Waals surface area contributed by atoms with Crippen molar-refractivity contribution in [1.82, 2.24) is 4.90 Å². The van der Waals surface area contributed by atoms with E-state index in [2.05, 4.69) is 5.32 Å². The molecular formula is C19H27FN2O2S. The highest BCUT2D eigenvalue weighted by Crippen LogP contribution is 2.30. The monoisotopic (exact) mass is 366 g/mol. The van der Waals surface area contributed by atoms with Crippen molar-refractivity contribution in [2.24, 2.45) is 0 Å². The van der Waals surface area contributed by atoms with Gasteiger partial charge in [-0.1, -0.05) is 12.8 Å². The molecule has 4 nitrogen and oxygen atoms in total. The number of halogens is 1. The van der Waals surface area contributed by atoms with Crippen LogP contribution in [0.1, 0.15) is 46.5 Å². The first kappa shape index (κ1) is 19.8. The van der Waals surface area contributed by atoms with Gasteiger partial charge in [-0.05, 0) is 57.9 Å². The van der Waals surface area contributed by atoms with Crippen molar-refractivity contribution in [2.45, 2.75) is 57.2 Å². The molecule has 1 N–H and O–H groups in total. The normalized spacial score (nSPS) is 15.2. The first-order valence-corrected chi connectivity index (χ1v) is 9.78. The molecule has 0 atom stereocenters. The number of benzene rings is 1. The van der Waals surface area contributed by atoms with E-state index in [1.54, 1.807) is 16.7 Å². The fraction of sp³-hybridized carbons (Fsp3) is 0.579. The first-order valence-electron chi connectivity index (χ1n) is 8.73. The summed E-state index contributed by atoms with van der Waals surface area (Å²) in [6.07, 6.45) is 4.85. The number of carbonyl (C=O) groups is 2. The van der Waals surface area contributed by atoms with Gasteiger partial charge in [0, 0.05) is 16.5 Å². The third-order valence-electron chi connectivity index (χ3n) is 4.29. The summed E-state index contributed by atoms with van der Waals surface area (Å²) in [4.78, 5) is 26.6. The summed E-state index contributed by atoms with van der Waals surface area (Å²) in [5, 5.41) is 3.29. The van der Waals surface area contributed by atoms with E-state index in [1.165, 1.54) is 49.9 Å². The lowest BCUT2D eigenvalue weighted by molar-refractivity contribution is -0.137. The van der Waals surface area contributed by atoms with Crippen LogP contribution < -0.4 is 5.32 Å². The van der Waals surface area contributed by atoms with E-state index in [9.17, 15) is 14.0 Å². The standard InChI is InChI=1S/C19H27FN2O2S/c1-19(2,3)22(18(24)13-25-16-6-4-5-7-16)12-17(23)21-15-10-8-14(20)9-11-15/h8-11,16H,4-7,12-13H2,1-3H3,(H,21,23). The minimum Gasteiger partial charge on any atom is -0.328 e. The Morgan fingerprint density at radius 2 is 1.80 bits per heavy atom. The fourth-order valence-corrected chi connectivity index (χ4v) is 4.10. The Labute approximate surface area is 153 Å². The molecule has 25 heavy (non-hydrogen) atoms. The Morgan fingerprint density at radius 1 is 1.20 bits per heavy atom. The van der Waals surface area contributed by atoms with Crippen LogP contribution >= 0.6 is 11.8 Å². The molecule has 6 heteroatoms. The zero-order valence-electron chi connectivity index (χ0n) is 15.2. The number of hydrogen-bond donors (Lipinski definition) is 1. The smallest absolute Gasteiger partial charge is 0.244 e. The molecule has 0 aromatic heterocycles. The van der Waals surface area contributed by atoms with Gasteiger partial charge >= 0.3 is 0 Å². The number of amides is 2. The minimum atomic E-state index is -0.437. The summed E-state index contributed by atoms with van der Waals surface area (Å²) in [5.41, 5.74) is 0.0843. The lowest BCUT2D eigenvalue weighted by atomic mass is 10.1. The largest absolute Gasteiger partial charge is 0.328 e. The molecule has 0 aliphatic heterocycles. The van der Waals surface area contributed by atoms with E-state index in [1.807, 2.05) is 20.8 Å². The molecule has 0 spiro atoms. The molecular weight excluding hydrogens is 339 g/mol. The zero-order chi connectivity index (χ0) is 18.4. The average Bonchev–Trinajstić information content (AvgIpc) is 3.05. The molecule has 1 aromatic carbocycles. The summed E-state index contributed by atoms with van der Waals surface area (Å²) < 4.78 is 12.9. The van der Waals surface area contributed by atoms with Gasteiger partial charge in [0.05, 0.1) is 5.75 Å². The lowest BCUT2D eigenvalue weighted by Crippen LogP contribution is -2.50. The van der Waals surface area contributed by atoms with Gasteiger partial charge in [-0.2, -0.15) is 0 Å². The van der Waals surface area contributed by atoms with Gasteiger partial charge in [-0.15, -0.1) is 11.8 Å². The topological polar surface area (TPSA) is 49.4 Å². The maximum absolute atomic E-state index is 12.9. The zero-order valence-corrected chi connectivity index (χ0v) is 16.0. The van der Waals surface area contributed by atoms with E-state index in [4.69, 9.17) is 0 Å². The quantitative estimate of drug-likeness (QED) is 0.826. The average molecular weight is 367 g/mol. The number of hydrogen-bond acceptors (Lipinski definition) is 3. The SMILES string of the molecule is CC(C)(C)N(CC(=O)Nc1ccc(F)cc1)C(=O)CSC1CCCC1. The van der Waals surface area contributed by atoms with Crippen molar-refractivity contribution >= 4 is 29.3 Å². The Hall–Kier alpha value is -1.56. The van der Waals surface area contributed by atoms with Crippen molar-refractivity contribution in [3.8, 4) is 0 Å². The molecule has 1 aromatic rings. The van der Waals surface area contributed by atoms with Gasteiger partial charge in [0.15, 0.2) is 0 Å². The summed E-state index contributed by atoms with van der Waals surface area (Å²) in [7, 11) is 0. The summed E-state index contributed by atoms with van der Waals surface area (Å²) in [5.74, 6) is -0.237. The Morgan fingerprint density at radius 3 is 2.36 bits per heavy atom. The van der Waals surface area contributed by atoms with E-state index in [0.29, 0.717) is 16.7 Å². The fourth-order valence-electron chi connectivity index (χ4n) is 2.90. The highest BCUT2D eigenvalue weighted by Gasteiger charge is 2.29. The molecule has 0 radical (unpaired) electrons. The van der Waals surface area contributed by atoms with Gasteiger partial charge in [0.25, 0.3) is 0 Å². The molecule has 0 unspecified atom stereocenters. The van der Waals surface area contributed by atoms with Crippen LogP contribution in [0, 0.1) is 5.82 Å². The van der Waals surface area contributed by atoms with Gasteiger partial charge in [-0.3, -0.25) is 9.59 Å². The molecule has 1 aliphatic carbocycles. The summed E-state index contributed by atoms with van der Waals surface area (Å²) >= 11 is 1.70. The molecule has 0 heterocycles. The second-order valence-corrected chi connectivity index (χ2v) is 8.71. The number of nitrogens with one attached hydrogen (secondary N) is 1. The molecule has 2 amide bonds. The molecule has 2 rings (SSSR count). The van der Waals surface area contributed by atoms with Crippen molar-refractivity contribution in [1.29, 1.82) is 0 Å². The molecule has 1 fully saturated rings. The Balaban J connectivity index is 1.92. The van der Waals surface area contributed by atoms with Crippen LogP contribution in [0.15, 0.2) is 24.3 Å². The number of nitrogens with zero attached hydrogens (tertiary/aromatic N) is 1. The van der Waals surface area contributed by atoms with Crippen LogP contribution in [0.5, 0.6) is 0 Å². The van der Waals surface area contributed by atoms with Gasteiger partial charge in [0.2, 0.25) is 11.8 Å². The second kappa shape index (κ2) is 8.70. The van der Waals surface area contributed by atoms with Gasteiger partial charge in [-0.25, -0.2) is 4.39 Å². The van der Waals surface area contributed by atoms with Crippen molar-refractivity contribution in [3.63, 3.8) is 0 Å². The van der Waals surface area contributed by atoms with E-state index < -0.39 is 5.54 Å². The maximum Gasteiger partial charge on any atom is 0.244 e. The number of thioether (sulfide) groups is 1. The summed E-state index contributed by atoms with van der Waals surface area (Å²) in [6, 6.07) is 5.60. The van der Waals surface area contributed by atoms with Crippen LogP contribution in [0.4, 0.5) is 10.1 Å². The van der Waals surface area contributed by atoms with Crippen molar-refractivity contribution in [3.05, 3.63) is 30.1 Å². The van der Waals surface area contributed by atoms with Crippen LogP contribution in [-0.2, 0) is 9.59 Å². The summed E-state index contributed by atoms with van der Waals surface area (Å²) in [6.45, 7) is 5.77. The number of rotatable bonds is 6.